The number of hydrogen-bond acceptors (Lipinski definition) is 3. The molecule has 150 valence electrons. The van der Waals surface area contributed by atoms with E-state index in [-0.39, 0.29) is 41.6 Å². The van der Waals surface area contributed by atoms with E-state index < -0.39 is 0 Å². The number of ether oxygens (including phenoxy) is 1. The highest BCUT2D eigenvalue weighted by Gasteiger charge is 2.09. The number of nitrogens with zero attached hydrogens (tertiary/aromatic N) is 2. The SMILES string of the molecule is CN=C(NCCCCN(C)C(C)C)NCC(C)Oc1ccccc1F.I. The van der Waals surface area contributed by atoms with Gasteiger partial charge in [0, 0.05) is 19.6 Å². The van der Waals surface area contributed by atoms with Crippen LogP contribution in [-0.2, 0) is 0 Å². The molecule has 0 bridgehead atoms. The molecule has 1 unspecified atom stereocenters. The third kappa shape index (κ3) is 10.2. The topological polar surface area (TPSA) is 48.9 Å². The summed E-state index contributed by atoms with van der Waals surface area (Å²) in [6, 6.07) is 7.02. The molecule has 0 heterocycles. The average Bonchev–Trinajstić information content (AvgIpc) is 2.59. The van der Waals surface area contributed by atoms with Crippen molar-refractivity contribution in [3.05, 3.63) is 30.1 Å². The van der Waals surface area contributed by atoms with Crippen molar-refractivity contribution >= 4 is 29.9 Å². The highest BCUT2D eigenvalue weighted by atomic mass is 127. The van der Waals surface area contributed by atoms with Crippen LogP contribution in [0.25, 0.3) is 0 Å². The number of aliphatic imine (C=N–C) groups is 1. The molecular formula is C19H34FIN4O. The number of benzene rings is 1. The molecule has 0 saturated carbocycles. The maximum atomic E-state index is 13.6. The Bertz CT molecular complexity index is 528. The van der Waals surface area contributed by atoms with Gasteiger partial charge >= 0.3 is 0 Å². The van der Waals surface area contributed by atoms with Gasteiger partial charge in [-0.05, 0) is 59.3 Å². The first-order chi connectivity index (χ1) is 11.9. The standard InChI is InChI=1S/C19H33FN4O.HI/c1-15(2)24(5)13-9-8-12-22-19(21-4)23-14-16(3)25-18-11-7-6-10-17(18)20;/h6-7,10-11,15-16H,8-9,12-14H2,1-5H3,(H2,21,22,23);1H. The van der Waals surface area contributed by atoms with E-state index in [1.54, 1.807) is 25.2 Å². The summed E-state index contributed by atoms with van der Waals surface area (Å²) in [5.74, 6) is 0.665. The molecule has 2 N–H and O–H groups in total. The van der Waals surface area contributed by atoms with E-state index >= 15 is 0 Å². The third-order valence-electron chi connectivity index (χ3n) is 4.06. The summed E-state index contributed by atoms with van der Waals surface area (Å²) < 4.78 is 19.2. The summed E-state index contributed by atoms with van der Waals surface area (Å²) in [6.07, 6.45) is 2.06. The number of guanidine groups is 1. The minimum absolute atomic E-state index is 0. The molecule has 7 heteroatoms. The van der Waals surface area contributed by atoms with Gasteiger partial charge in [-0.3, -0.25) is 4.99 Å². The minimum Gasteiger partial charge on any atom is -0.486 e. The van der Waals surface area contributed by atoms with E-state index in [0.717, 1.165) is 31.9 Å². The van der Waals surface area contributed by atoms with Crippen LogP contribution < -0.4 is 15.4 Å². The summed E-state index contributed by atoms with van der Waals surface area (Å²) in [7, 11) is 3.89. The molecule has 1 rings (SSSR count). The van der Waals surface area contributed by atoms with Crippen molar-refractivity contribution in [3.8, 4) is 5.75 Å². The van der Waals surface area contributed by atoms with Gasteiger partial charge in [0.05, 0.1) is 6.54 Å². The van der Waals surface area contributed by atoms with E-state index in [1.807, 2.05) is 6.92 Å². The summed E-state index contributed by atoms with van der Waals surface area (Å²) in [4.78, 5) is 6.54. The van der Waals surface area contributed by atoms with Gasteiger partial charge < -0.3 is 20.3 Å². The van der Waals surface area contributed by atoms with E-state index in [9.17, 15) is 4.39 Å². The maximum Gasteiger partial charge on any atom is 0.191 e. The van der Waals surface area contributed by atoms with Gasteiger partial charge in [0.25, 0.3) is 0 Å². The lowest BCUT2D eigenvalue weighted by Crippen LogP contribution is -2.42. The van der Waals surface area contributed by atoms with Crippen LogP contribution in [0.3, 0.4) is 0 Å². The monoisotopic (exact) mass is 480 g/mol. The summed E-state index contributed by atoms with van der Waals surface area (Å²) in [5.41, 5.74) is 0. The lowest BCUT2D eigenvalue weighted by Gasteiger charge is -2.21. The molecule has 1 aromatic rings. The zero-order valence-corrected chi connectivity index (χ0v) is 18.9. The van der Waals surface area contributed by atoms with Gasteiger partial charge in [-0.25, -0.2) is 4.39 Å². The predicted octanol–water partition coefficient (Wildman–Crippen LogP) is 3.50. The van der Waals surface area contributed by atoms with E-state index in [0.29, 0.717) is 12.6 Å². The van der Waals surface area contributed by atoms with E-state index in [1.165, 1.54) is 6.07 Å². The lowest BCUT2D eigenvalue weighted by molar-refractivity contribution is 0.214. The fraction of sp³-hybridized carbons (Fsp3) is 0.632. The van der Waals surface area contributed by atoms with Crippen molar-refractivity contribution in [2.75, 3.05) is 33.7 Å². The first kappa shape index (κ1) is 24.9. The number of halogens is 2. The molecule has 0 aliphatic heterocycles. The molecule has 26 heavy (non-hydrogen) atoms. The Balaban J connectivity index is 0.00000625. The molecule has 0 aliphatic rings. The van der Waals surface area contributed by atoms with Gasteiger partial charge in [-0.1, -0.05) is 12.1 Å². The van der Waals surface area contributed by atoms with Crippen molar-refractivity contribution < 1.29 is 9.13 Å². The molecule has 5 nitrogen and oxygen atoms in total. The molecule has 0 amide bonds. The molecule has 1 atom stereocenters. The second-order valence-corrected chi connectivity index (χ2v) is 6.52. The van der Waals surface area contributed by atoms with E-state index in [4.69, 9.17) is 4.74 Å². The van der Waals surface area contributed by atoms with Crippen LogP contribution in [0.5, 0.6) is 5.75 Å². The molecule has 1 aromatic carbocycles. The second-order valence-electron chi connectivity index (χ2n) is 6.52. The fourth-order valence-electron chi connectivity index (χ4n) is 2.21. The van der Waals surface area contributed by atoms with Gasteiger partial charge in [-0.15, -0.1) is 24.0 Å². The number of rotatable bonds is 10. The summed E-state index contributed by atoms with van der Waals surface area (Å²) in [5, 5.41) is 6.50. The van der Waals surface area contributed by atoms with Crippen LogP contribution in [0, 0.1) is 5.82 Å². The number of unbranched alkanes of at least 4 members (excludes halogenated alkanes) is 1. The van der Waals surface area contributed by atoms with E-state index in [2.05, 4.69) is 41.4 Å². The Morgan fingerprint density at radius 3 is 2.50 bits per heavy atom. The predicted molar refractivity (Wildman–Crippen MR) is 118 cm³/mol. The Hall–Kier alpha value is -1.09. The first-order valence-corrected chi connectivity index (χ1v) is 9.00. The minimum atomic E-state index is -0.344. The van der Waals surface area contributed by atoms with Gasteiger partial charge in [0.1, 0.15) is 6.10 Å². The summed E-state index contributed by atoms with van der Waals surface area (Å²) >= 11 is 0. The molecule has 0 saturated heterocycles. The van der Waals surface area contributed by atoms with Crippen molar-refractivity contribution in [2.24, 2.45) is 4.99 Å². The number of para-hydroxylation sites is 1. The zero-order chi connectivity index (χ0) is 18.7. The van der Waals surface area contributed by atoms with Crippen LogP contribution in [0.2, 0.25) is 0 Å². The highest BCUT2D eigenvalue weighted by molar-refractivity contribution is 14.0. The normalized spacial score (nSPS) is 12.7. The van der Waals surface area contributed by atoms with Crippen LogP contribution in [0.15, 0.2) is 29.3 Å². The first-order valence-electron chi connectivity index (χ1n) is 9.00. The van der Waals surface area contributed by atoms with Gasteiger partial charge in [-0.2, -0.15) is 0 Å². The van der Waals surface area contributed by atoms with Gasteiger partial charge in [0.15, 0.2) is 17.5 Å². The van der Waals surface area contributed by atoms with Crippen molar-refractivity contribution in [1.82, 2.24) is 15.5 Å². The smallest absolute Gasteiger partial charge is 0.191 e. The highest BCUT2D eigenvalue weighted by Crippen LogP contribution is 2.16. The zero-order valence-electron chi connectivity index (χ0n) is 16.6. The molecule has 0 radical (unpaired) electrons. The van der Waals surface area contributed by atoms with Crippen molar-refractivity contribution in [1.29, 1.82) is 0 Å². The lowest BCUT2D eigenvalue weighted by atomic mass is 10.2. The largest absolute Gasteiger partial charge is 0.486 e. The Morgan fingerprint density at radius 1 is 1.19 bits per heavy atom. The van der Waals surface area contributed by atoms with Crippen LogP contribution >= 0.6 is 24.0 Å². The number of hydrogen-bond donors (Lipinski definition) is 2. The Kier molecular flexibility index (Phi) is 13.4. The molecule has 0 aromatic heterocycles. The third-order valence-corrected chi connectivity index (χ3v) is 4.06. The van der Waals surface area contributed by atoms with Crippen LogP contribution in [0.1, 0.15) is 33.6 Å². The molecule has 0 fully saturated rings. The number of nitrogens with one attached hydrogen (secondary N) is 2. The Morgan fingerprint density at radius 2 is 1.88 bits per heavy atom. The Labute approximate surface area is 174 Å². The van der Waals surface area contributed by atoms with Gasteiger partial charge in [0.2, 0.25) is 0 Å². The molecule has 0 aliphatic carbocycles. The molecular weight excluding hydrogens is 446 g/mol. The van der Waals surface area contributed by atoms with Crippen LogP contribution in [-0.4, -0.2) is 56.7 Å². The van der Waals surface area contributed by atoms with Crippen LogP contribution in [0.4, 0.5) is 4.39 Å². The quantitative estimate of drug-likeness (QED) is 0.233. The van der Waals surface area contributed by atoms with Crippen molar-refractivity contribution in [3.63, 3.8) is 0 Å². The second kappa shape index (κ2) is 14.0. The molecule has 0 spiro atoms. The summed E-state index contributed by atoms with van der Waals surface area (Å²) in [6.45, 7) is 8.81. The average molecular weight is 480 g/mol. The fourth-order valence-corrected chi connectivity index (χ4v) is 2.21. The van der Waals surface area contributed by atoms with Crippen molar-refractivity contribution in [2.45, 2.75) is 45.8 Å². The maximum absolute atomic E-state index is 13.6.